The maximum Gasteiger partial charge on any atom is 0.244 e. The fourth-order valence-corrected chi connectivity index (χ4v) is 4.88. The lowest BCUT2D eigenvalue weighted by Gasteiger charge is -2.41. The molecule has 0 radical (unpaired) electrons. The Labute approximate surface area is 190 Å². The third kappa shape index (κ3) is 5.21. The molecule has 7 heteroatoms. The van der Waals surface area contributed by atoms with Crippen LogP contribution in [0.2, 0.25) is 0 Å². The predicted octanol–water partition coefficient (Wildman–Crippen LogP) is 3.55. The lowest BCUT2D eigenvalue weighted by molar-refractivity contribution is -0.137. The number of rotatable bonds is 7. The number of hydrogen-bond acceptors (Lipinski definition) is 6. The molecule has 174 valence electrons. The summed E-state index contributed by atoms with van der Waals surface area (Å²) in [6.07, 6.45) is 4.26. The molecule has 1 N–H and O–H groups in total. The minimum atomic E-state index is -0.758. The minimum absolute atomic E-state index is 0.248. The maximum absolute atomic E-state index is 12.7. The second-order valence-corrected chi connectivity index (χ2v) is 9.77. The van der Waals surface area contributed by atoms with Crippen LogP contribution in [0.4, 0.5) is 0 Å². The molecule has 2 aromatic rings. The maximum atomic E-state index is 12.7. The van der Waals surface area contributed by atoms with E-state index < -0.39 is 6.10 Å². The van der Waals surface area contributed by atoms with E-state index in [0.717, 1.165) is 32.6 Å². The first-order chi connectivity index (χ1) is 15.3. The second-order valence-electron chi connectivity index (χ2n) is 9.77. The largest absolute Gasteiger partial charge is 0.422 e. The topological polar surface area (TPSA) is 82.7 Å². The molecule has 2 heterocycles. The van der Waals surface area contributed by atoms with Crippen LogP contribution in [0, 0.1) is 19.8 Å². The number of carbonyl (C=O) groups is 1. The third-order valence-electron chi connectivity index (χ3n) is 7.06. The summed E-state index contributed by atoms with van der Waals surface area (Å²) in [6.45, 7) is 11.6. The van der Waals surface area contributed by atoms with Crippen molar-refractivity contribution in [2.45, 2.75) is 78.5 Å². The van der Waals surface area contributed by atoms with Crippen LogP contribution in [0.3, 0.4) is 0 Å². The number of carbonyl (C=O) groups excluding carboxylic acids is 1. The zero-order chi connectivity index (χ0) is 22.8. The SMILES string of the molecule is Cc1cc(Cc2nnc([C@@H](C)O)o2)c(C)c(CN2CCN(C(=O)CC3CCC3)[C@@H](C)C2)c1. The van der Waals surface area contributed by atoms with Crippen LogP contribution in [0.15, 0.2) is 16.5 Å². The zero-order valence-electron chi connectivity index (χ0n) is 19.8. The van der Waals surface area contributed by atoms with Crippen molar-refractivity contribution in [2.75, 3.05) is 19.6 Å². The highest BCUT2D eigenvalue weighted by molar-refractivity contribution is 5.77. The van der Waals surface area contributed by atoms with E-state index in [1.807, 2.05) is 0 Å². The van der Waals surface area contributed by atoms with Crippen molar-refractivity contribution in [3.05, 3.63) is 46.2 Å². The zero-order valence-corrected chi connectivity index (χ0v) is 19.8. The normalized spacial score (nSPS) is 20.9. The first kappa shape index (κ1) is 22.9. The molecule has 1 aromatic heterocycles. The van der Waals surface area contributed by atoms with E-state index in [2.05, 4.69) is 52.9 Å². The molecule has 0 spiro atoms. The van der Waals surface area contributed by atoms with E-state index in [9.17, 15) is 9.90 Å². The Morgan fingerprint density at radius 1 is 1.22 bits per heavy atom. The molecule has 2 aliphatic rings. The number of nitrogens with zero attached hydrogens (tertiary/aromatic N) is 4. The molecule has 0 bridgehead atoms. The first-order valence-electron chi connectivity index (χ1n) is 11.9. The molecule has 1 aliphatic carbocycles. The van der Waals surface area contributed by atoms with E-state index in [0.29, 0.717) is 24.1 Å². The van der Waals surface area contributed by atoms with Crippen LogP contribution < -0.4 is 0 Å². The molecule has 32 heavy (non-hydrogen) atoms. The number of aromatic nitrogens is 2. The summed E-state index contributed by atoms with van der Waals surface area (Å²) in [6, 6.07) is 4.68. The van der Waals surface area contributed by atoms with Gasteiger partial charge in [0.25, 0.3) is 0 Å². The monoisotopic (exact) mass is 440 g/mol. The summed E-state index contributed by atoms with van der Waals surface area (Å²) in [5.41, 5.74) is 4.92. The molecular formula is C25H36N4O3. The quantitative estimate of drug-likeness (QED) is 0.709. The van der Waals surface area contributed by atoms with Gasteiger partial charge in [0.15, 0.2) is 0 Å². The van der Waals surface area contributed by atoms with Crippen LogP contribution >= 0.6 is 0 Å². The van der Waals surface area contributed by atoms with Crippen molar-refractivity contribution in [3.8, 4) is 0 Å². The van der Waals surface area contributed by atoms with Crippen LogP contribution in [-0.2, 0) is 17.8 Å². The van der Waals surface area contributed by atoms with Gasteiger partial charge in [0.05, 0.1) is 6.42 Å². The van der Waals surface area contributed by atoms with Crippen molar-refractivity contribution in [3.63, 3.8) is 0 Å². The Morgan fingerprint density at radius 3 is 2.59 bits per heavy atom. The Bertz CT molecular complexity index is 951. The number of aryl methyl sites for hydroxylation is 1. The molecule has 1 saturated carbocycles. The molecule has 1 aromatic carbocycles. The lowest BCUT2D eigenvalue weighted by Crippen LogP contribution is -2.54. The van der Waals surface area contributed by atoms with Crippen LogP contribution in [0.1, 0.15) is 79.7 Å². The second kappa shape index (κ2) is 9.71. The van der Waals surface area contributed by atoms with Gasteiger partial charge < -0.3 is 14.4 Å². The van der Waals surface area contributed by atoms with Crippen molar-refractivity contribution < 1.29 is 14.3 Å². The lowest BCUT2D eigenvalue weighted by atomic mass is 9.82. The summed E-state index contributed by atoms with van der Waals surface area (Å²) in [4.78, 5) is 17.3. The summed E-state index contributed by atoms with van der Waals surface area (Å²) < 4.78 is 5.60. The molecule has 0 unspecified atom stereocenters. The van der Waals surface area contributed by atoms with Gasteiger partial charge in [-0.15, -0.1) is 10.2 Å². The Morgan fingerprint density at radius 2 is 1.97 bits per heavy atom. The summed E-state index contributed by atoms with van der Waals surface area (Å²) in [5, 5.41) is 17.7. The number of piperazine rings is 1. The van der Waals surface area contributed by atoms with Crippen molar-refractivity contribution in [2.24, 2.45) is 5.92 Å². The van der Waals surface area contributed by atoms with Crippen molar-refractivity contribution in [1.82, 2.24) is 20.0 Å². The highest BCUT2D eigenvalue weighted by Crippen LogP contribution is 2.30. The number of aliphatic hydroxyl groups excluding tert-OH is 1. The first-order valence-corrected chi connectivity index (χ1v) is 11.9. The Hall–Kier alpha value is -2.25. The minimum Gasteiger partial charge on any atom is -0.422 e. The molecule has 7 nitrogen and oxygen atoms in total. The molecule has 1 amide bonds. The summed E-state index contributed by atoms with van der Waals surface area (Å²) in [5.74, 6) is 1.74. The number of amides is 1. The van der Waals surface area contributed by atoms with E-state index in [1.165, 1.54) is 41.5 Å². The smallest absolute Gasteiger partial charge is 0.244 e. The average molecular weight is 441 g/mol. The van der Waals surface area contributed by atoms with Gasteiger partial charge in [-0.25, -0.2) is 0 Å². The van der Waals surface area contributed by atoms with Gasteiger partial charge in [0.2, 0.25) is 17.7 Å². The molecular weight excluding hydrogens is 404 g/mol. The highest BCUT2D eigenvalue weighted by atomic mass is 16.4. The molecule has 1 saturated heterocycles. The predicted molar refractivity (Wildman–Crippen MR) is 122 cm³/mol. The standard InChI is InChI=1S/C25H36N4O3/c1-16-10-21(13-23-26-27-25(32-23)19(4)30)18(3)22(11-16)15-28-8-9-29(17(2)14-28)24(31)12-20-6-5-7-20/h10-11,17,19-20,30H,5-9,12-15H2,1-4H3/t17-,19+/m0/s1. The van der Waals surface area contributed by atoms with E-state index >= 15 is 0 Å². The van der Waals surface area contributed by atoms with Gasteiger partial charge in [-0.2, -0.15) is 0 Å². The van der Waals surface area contributed by atoms with Gasteiger partial charge in [0, 0.05) is 38.6 Å². The fourth-order valence-electron chi connectivity index (χ4n) is 4.88. The molecule has 4 rings (SSSR count). The van der Waals surface area contributed by atoms with Crippen LogP contribution in [0.5, 0.6) is 0 Å². The summed E-state index contributed by atoms with van der Waals surface area (Å²) >= 11 is 0. The van der Waals surface area contributed by atoms with Crippen molar-refractivity contribution >= 4 is 5.91 Å². The summed E-state index contributed by atoms with van der Waals surface area (Å²) in [7, 11) is 0. The van der Waals surface area contributed by atoms with E-state index in [-0.39, 0.29) is 11.9 Å². The highest BCUT2D eigenvalue weighted by Gasteiger charge is 2.30. The number of hydrogen-bond donors (Lipinski definition) is 1. The van der Waals surface area contributed by atoms with Crippen molar-refractivity contribution in [1.29, 1.82) is 0 Å². The van der Waals surface area contributed by atoms with Gasteiger partial charge in [-0.1, -0.05) is 24.1 Å². The van der Waals surface area contributed by atoms with Crippen LogP contribution in [0.25, 0.3) is 0 Å². The average Bonchev–Trinajstić information content (AvgIpc) is 3.17. The van der Waals surface area contributed by atoms with Gasteiger partial charge in [-0.05, 0) is 63.1 Å². The van der Waals surface area contributed by atoms with E-state index in [1.54, 1.807) is 6.92 Å². The molecule has 2 atom stereocenters. The van der Waals surface area contributed by atoms with E-state index in [4.69, 9.17) is 4.42 Å². The fraction of sp³-hybridized carbons (Fsp3) is 0.640. The molecule has 2 fully saturated rings. The van der Waals surface area contributed by atoms with Gasteiger partial charge in [0.1, 0.15) is 6.10 Å². The Balaban J connectivity index is 1.40. The van der Waals surface area contributed by atoms with Gasteiger partial charge >= 0.3 is 0 Å². The van der Waals surface area contributed by atoms with Crippen LogP contribution in [-0.4, -0.2) is 56.7 Å². The third-order valence-corrected chi connectivity index (χ3v) is 7.06. The Kier molecular flexibility index (Phi) is 6.96. The van der Waals surface area contributed by atoms with Gasteiger partial charge in [-0.3, -0.25) is 9.69 Å². The molecule has 1 aliphatic heterocycles. The number of aliphatic hydroxyl groups is 1. The number of benzene rings is 1.